The highest BCUT2D eigenvalue weighted by Crippen LogP contribution is 2.28. The predicted molar refractivity (Wildman–Crippen MR) is 117 cm³/mol. The topological polar surface area (TPSA) is 53.7 Å². The van der Waals surface area contributed by atoms with Crippen LogP contribution in [0.4, 0.5) is 5.69 Å². The first-order valence-electron chi connectivity index (χ1n) is 10.0. The SMILES string of the molecule is CN(C)c1ccc(-c2cc(=O)c3cc(C#CC4(O)CCCCC4)ccc3o2)cc1. The summed E-state index contributed by atoms with van der Waals surface area (Å²) < 4.78 is 5.99. The average Bonchev–Trinajstić information content (AvgIpc) is 2.73. The summed E-state index contributed by atoms with van der Waals surface area (Å²) >= 11 is 0. The fourth-order valence-electron chi connectivity index (χ4n) is 3.75. The van der Waals surface area contributed by atoms with E-state index in [4.69, 9.17) is 4.42 Å². The summed E-state index contributed by atoms with van der Waals surface area (Å²) in [4.78, 5) is 14.7. The Bertz CT molecular complexity index is 1140. The molecule has 29 heavy (non-hydrogen) atoms. The van der Waals surface area contributed by atoms with Crippen molar-refractivity contribution in [1.29, 1.82) is 0 Å². The number of nitrogens with zero attached hydrogens (tertiary/aromatic N) is 1. The molecule has 4 heteroatoms. The molecule has 0 unspecified atom stereocenters. The third-order valence-electron chi connectivity index (χ3n) is 5.52. The van der Waals surface area contributed by atoms with Gasteiger partial charge in [-0.3, -0.25) is 4.79 Å². The van der Waals surface area contributed by atoms with Crippen LogP contribution in [0.1, 0.15) is 37.7 Å². The summed E-state index contributed by atoms with van der Waals surface area (Å²) in [6.45, 7) is 0. The Kier molecular flexibility index (Phi) is 5.17. The number of benzene rings is 2. The maximum Gasteiger partial charge on any atom is 0.193 e. The van der Waals surface area contributed by atoms with Gasteiger partial charge in [0.25, 0.3) is 0 Å². The average molecular weight is 387 g/mol. The molecule has 0 amide bonds. The van der Waals surface area contributed by atoms with Gasteiger partial charge in [0.05, 0.1) is 5.39 Å². The largest absolute Gasteiger partial charge is 0.456 e. The zero-order valence-electron chi connectivity index (χ0n) is 16.9. The number of hydrogen-bond donors (Lipinski definition) is 1. The summed E-state index contributed by atoms with van der Waals surface area (Å²) in [7, 11) is 3.97. The van der Waals surface area contributed by atoms with Crippen molar-refractivity contribution in [3.05, 3.63) is 64.3 Å². The Morgan fingerprint density at radius 3 is 2.41 bits per heavy atom. The molecule has 1 aliphatic rings. The highest BCUT2D eigenvalue weighted by molar-refractivity contribution is 5.80. The molecule has 0 aliphatic heterocycles. The zero-order chi connectivity index (χ0) is 20.4. The number of fused-ring (bicyclic) bond motifs is 1. The van der Waals surface area contributed by atoms with Crippen LogP contribution in [0.3, 0.4) is 0 Å². The van der Waals surface area contributed by atoms with Gasteiger partial charge in [-0.2, -0.15) is 0 Å². The van der Waals surface area contributed by atoms with E-state index >= 15 is 0 Å². The number of hydrogen-bond acceptors (Lipinski definition) is 4. The maximum absolute atomic E-state index is 12.7. The quantitative estimate of drug-likeness (QED) is 0.655. The first kappa shape index (κ1) is 19.3. The van der Waals surface area contributed by atoms with Gasteiger partial charge in [-0.1, -0.05) is 18.3 Å². The summed E-state index contributed by atoms with van der Waals surface area (Å²) in [6.07, 6.45) is 4.59. The third-order valence-corrected chi connectivity index (χ3v) is 5.52. The minimum Gasteiger partial charge on any atom is -0.456 e. The van der Waals surface area contributed by atoms with Gasteiger partial charge in [-0.05, 0) is 68.1 Å². The normalized spacial score (nSPS) is 15.6. The number of rotatable bonds is 2. The van der Waals surface area contributed by atoms with Gasteiger partial charge in [-0.15, -0.1) is 0 Å². The van der Waals surface area contributed by atoms with Gasteiger partial charge in [0.1, 0.15) is 16.9 Å². The molecule has 4 nitrogen and oxygen atoms in total. The van der Waals surface area contributed by atoms with E-state index in [1.165, 1.54) is 6.07 Å². The third kappa shape index (κ3) is 4.21. The van der Waals surface area contributed by atoms with Crippen LogP contribution in [0, 0.1) is 11.8 Å². The lowest BCUT2D eigenvalue weighted by atomic mass is 9.85. The lowest BCUT2D eigenvalue weighted by molar-refractivity contribution is 0.0610. The monoisotopic (exact) mass is 387 g/mol. The molecule has 0 spiro atoms. The van der Waals surface area contributed by atoms with Crippen LogP contribution in [-0.2, 0) is 0 Å². The van der Waals surface area contributed by atoms with Crippen LogP contribution in [0.15, 0.2) is 57.7 Å². The van der Waals surface area contributed by atoms with E-state index in [2.05, 4.69) is 11.8 Å². The molecule has 148 valence electrons. The molecule has 1 heterocycles. The molecule has 1 aliphatic carbocycles. The van der Waals surface area contributed by atoms with Crippen LogP contribution in [0.2, 0.25) is 0 Å². The summed E-state index contributed by atoms with van der Waals surface area (Å²) in [6, 6.07) is 14.8. The smallest absolute Gasteiger partial charge is 0.193 e. The van der Waals surface area contributed by atoms with E-state index in [0.717, 1.165) is 30.5 Å². The molecule has 0 saturated heterocycles. The summed E-state index contributed by atoms with van der Waals surface area (Å²) in [5, 5.41) is 11.1. The molecule has 4 rings (SSSR count). The summed E-state index contributed by atoms with van der Waals surface area (Å²) in [5.41, 5.74) is 2.19. The number of anilines is 1. The molecular weight excluding hydrogens is 362 g/mol. The standard InChI is InChI=1S/C25H25NO3/c1-26(2)20-9-7-19(8-10-20)24-17-22(27)21-16-18(6-11-23(21)29-24)12-15-25(28)13-4-3-5-14-25/h6-11,16-17,28H,3-5,13-14H2,1-2H3. The van der Waals surface area contributed by atoms with E-state index in [1.807, 2.05) is 49.3 Å². The Morgan fingerprint density at radius 2 is 1.72 bits per heavy atom. The molecule has 1 fully saturated rings. The van der Waals surface area contributed by atoms with E-state index < -0.39 is 5.60 Å². The number of aliphatic hydroxyl groups is 1. The molecule has 2 aromatic carbocycles. The second kappa shape index (κ2) is 7.77. The van der Waals surface area contributed by atoms with Gasteiger partial charge in [0, 0.05) is 37.0 Å². The first-order chi connectivity index (χ1) is 13.9. The van der Waals surface area contributed by atoms with Gasteiger partial charge in [0.15, 0.2) is 5.43 Å². The van der Waals surface area contributed by atoms with Crippen LogP contribution >= 0.6 is 0 Å². The van der Waals surface area contributed by atoms with Crippen molar-refractivity contribution in [3.8, 4) is 23.2 Å². The highest BCUT2D eigenvalue weighted by atomic mass is 16.3. The van der Waals surface area contributed by atoms with Crippen LogP contribution in [0.5, 0.6) is 0 Å². The van der Waals surface area contributed by atoms with Gasteiger partial charge < -0.3 is 14.4 Å². The molecule has 1 aromatic heterocycles. The second-order valence-corrected chi connectivity index (χ2v) is 7.97. The zero-order valence-corrected chi connectivity index (χ0v) is 16.9. The minimum absolute atomic E-state index is 0.0991. The van der Waals surface area contributed by atoms with Crippen molar-refractivity contribution in [2.24, 2.45) is 0 Å². The van der Waals surface area contributed by atoms with E-state index in [-0.39, 0.29) is 5.43 Å². The highest BCUT2D eigenvalue weighted by Gasteiger charge is 2.26. The van der Waals surface area contributed by atoms with Crippen molar-refractivity contribution in [1.82, 2.24) is 0 Å². The molecular formula is C25H25NO3. The molecule has 1 saturated carbocycles. The Morgan fingerprint density at radius 1 is 1.00 bits per heavy atom. The van der Waals surface area contributed by atoms with E-state index in [1.54, 1.807) is 12.1 Å². The lowest BCUT2D eigenvalue weighted by Crippen LogP contribution is -2.29. The molecule has 0 bridgehead atoms. The lowest BCUT2D eigenvalue weighted by Gasteiger charge is -2.26. The molecule has 3 aromatic rings. The first-order valence-corrected chi connectivity index (χ1v) is 10.0. The second-order valence-electron chi connectivity index (χ2n) is 7.97. The molecule has 0 radical (unpaired) electrons. The van der Waals surface area contributed by atoms with E-state index in [0.29, 0.717) is 35.1 Å². The van der Waals surface area contributed by atoms with Crippen LogP contribution < -0.4 is 10.3 Å². The Labute approximate surface area is 170 Å². The Hall–Kier alpha value is -3.03. The van der Waals surface area contributed by atoms with Gasteiger partial charge in [0.2, 0.25) is 0 Å². The van der Waals surface area contributed by atoms with Crippen molar-refractivity contribution in [2.75, 3.05) is 19.0 Å². The van der Waals surface area contributed by atoms with Gasteiger partial charge in [-0.25, -0.2) is 0 Å². The fourth-order valence-corrected chi connectivity index (χ4v) is 3.75. The van der Waals surface area contributed by atoms with Crippen molar-refractivity contribution in [3.63, 3.8) is 0 Å². The van der Waals surface area contributed by atoms with Crippen molar-refractivity contribution >= 4 is 16.7 Å². The Balaban J connectivity index is 1.66. The minimum atomic E-state index is -0.902. The van der Waals surface area contributed by atoms with Crippen molar-refractivity contribution < 1.29 is 9.52 Å². The van der Waals surface area contributed by atoms with E-state index in [9.17, 15) is 9.90 Å². The molecule has 0 atom stereocenters. The molecule has 1 N–H and O–H groups in total. The predicted octanol–water partition coefficient (Wildman–Crippen LogP) is 4.57. The summed E-state index contributed by atoms with van der Waals surface area (Å²) in [5.74, 6) is 6.62. The fraction of sp³-hybridized carbons (Fsp3) is 0.320. The van der Waals surface area contributed by atoms with Crippen LogP contribution in [-0.4, -0.2) is 24.8 Å². The van der Waals surface area contributed by atoms with Gasteiger partial charge >= 0.3 is 0 Å². The van der Waals surface area contributed by atoms with Crippen molar-refractivity contribution in [2.45, 2.75) is 37.7 Å². The van der Waals surface area contributed by atoms with Crippen LogP contribution in [0.25, 0.3) is 22.3 Å². The maximum atomic E-state index is 12.7.